The highest BCUT2D eigenvalue weighted by molar-refractivity contribution is 4.88. The van der Waals surface area contributed by atoms with Gasteiger partial charge in [0.2, 0.25) is 0 Å². The summed E-state index contributed by atoms with van der Waals surface area (Å²) in [5, 5.41) is 3.71. The van der Waals surface area contributed by atoms with Crippen molar-refractivity contribution in [3.8, 4) is 0 Å². The van der Waals surface area contributed by atoms with E-state index >= 15 is 0 Å². The van der Waals surface area contributed by atoms with Gasteiger partial charge in [0, 0.05) is 12.1 Å². The van der Waals surface area contributed by atoms with Gasteiger partial charge >= 0.3 is 0 Å². The molecule has 3 atom stereocenters. The first-order valence-electron chi connectivity index (χ1n) is 8.30. The maximum Gasteiger partial charge on any atom is 0.00977 e. The quantitative estimate of drug-likeness (QED) is 0.810. The predicted octanol–water partition coefficient (Wildman–Crippen LogP) is 3.03. The van der Waals surface area contributed by atoms with Crippen LogP contribution in [0.15, 0.2) is 0 Å². The molecule has 3 aliphatic rings. The lowest BCUT2D eigenvalue weighted by molar-refractivity contribution is 0.0845. The molecule has 3 unspecified atom stereocenters. The minimum absolute atomic E-state index is 0.859. The molecule has 0 aromatic carbocycles. The Morgan fingerprint density at radius 3 is 2.44 bits per heavy atom. The van der Waals surface area contributed by atoms with Crippen molar-refractivity contribution in [3.63, 3.8) is 0 Å². The normalized spacial score (nSPS) is 40.2. The molecule has 1 aliphatic carbocycles. The van der Waals surface area contributed by atoms with Crippen LogP contribution in [0, 0.1) is 11.8 Å². The number of nitrogens with zero attached hydrogens (tertiary/aromatic N) is 1. The van der Waals surface area contributed by atoms with Crippen molar-refractivity contribution < 1.29 is 0 Å². The number of likely N-dealkylation sites (tertiary alicyclic amines) is 1. The zero-order valence-electron chi connectivity index (χ0n) is 12.0. The van der Waals surface area contributed by atoms with E-state index in [0.29, 0.717) is 0 Å². The molecule has 2 nitrogen and oxygen atoms in total. The average Bonchev–Trinajstić information content (AvgIpc) is 2.93. The highest BCUT2D eigenvalue weighted by Gasteiger charge is 2.32. The third kappa shape index (κ3) is 2.91. The van der Waals surface area contributed by atoms with E-state index in [2.05, 4.69) is 17.1 Å². The van der Waals surface area contributed by atoms with Gasteiger partial charge in [-0.1, -0.05) is 19.8 Å². The summed E-state index contributed by atoms with van der Waals surface area (Å²) in [5.41, 5.74) is 0. The molecular weight excluding hydrogens is 220 g/mol. The topological polar surface area (TPSA) is 15.3 Å². The summed E-state index contributed by atoms with van der Waals surface area (Å²) in [4.78, 5) is 2.82. The lowest BCUT2D eigenvalue weighted by Gasteiger charge is -2.42. The van der Waals surface area contributed by atoms with Crippen molar-refractivity contribution in [1.82, 2.24) is 10.2 Å². The Morgan fingerprint density at radius 1 is 0.944 bits per heavy atom. The van der Waals surface area contributed by atoms with E-state index in [4.69, 9.17) is 0 Å². The molecule has 18 heavy (non-hydrogen) atoms. The summed E-state index contributed by atoms with van der Waals surface area (Å²) in [5.74, 6) is 1.95. The highest BCUT2D eigenvalue weighted by Crippen LogP contribution is 2.32. The van der Waals surface area contributed by atoms with E-state index in [1.165, 1.54) is 71.0 Å². The fraction of sp³-hybridized carbons (Fsp3) is 1.00. The second kappa shape index (κ2) is 5.92. The average molecular weight is 250 g/mol. The summed E-state index contributed by atoms with van der Waals surface area (Å²) in [7, 11) is 0. The van der Waals surface area contributed by atoms with Crippen LogP contribution < -0.4 is 5.32 Å². The molecule has 3 rings (SSSR count). The van der Waals surface area contributed by atoms with Crippen LogP contribution in [0.4, 0.5) is 0 Å². The number of rotatable bonds is 2. The summed E-state index contributed by atoms with van der Waals surface area (Å²) in [6, 6.07) is 1.78. The van der Waals surface area contributed by atoms with Crippen molar-refractivity contribution in [3.05, 3.63) is 0 Å². The van der Waals surface area contributed by atoms with E-state index < -0.39 is 0 Å². The molecule has 0 spiro atoms. The zero-order chi connectivity index (χ0) is 12.4. The second-order valence-corrected chi connectivity index (χ2v) is 7.00. The maximum absolute atomic E-state index is 3.71. The summed E-state index contributed by atoms with van der Waals surface area (Å²) in [6.07, 6.45) is 11.6. The SMILES string of the molecule is CC1CCCC(N2CCC(C3CCCN3)CC2)C1. The fourth-order valence-corrected chi connectivity index (χ4v) is 4.53. The summed E-state index contributed by atoms with van der Waals surface area (Å²) < 4.78 is 0. The van der Waals surface area contributed by atoms with Crippen LogP contribution in [0.25, 0.3) is 0 Å². The van der Waals surface area contributed by atoms with E-state index in [0.717, 1.165) is 23.9 Å². The Kier molecular flexibility index (Phi) is 4.25. The van der Waals surface area contributed by atoms with Crippen LogP contribution in [0.1, 0.15) is 58.3 Å². The molecule has 2 saturated heterocycles. The lowest BCUT2D eigenvalue weighted by Crippen LogP contribution is -2.46. The van der Waals surface area contributed by atoms with Crippen molar-refractivity contribution in [2.24, 2.45) is 11.8 Å². The molecule has 1 saturated carbocycles. The maximum atomic E-state index is 3.71. The zero-order valence-corrected chi connectivity index (χ0v) is 12.0. The molecule has 0 aromatic heterocycles. The van der Waals surface area contributed by atoms with Crippen LogP contribution in [0.2, 0.25) is 0 Å². The van der Waals surface area contributed by atoms with Gasteiger partial charge in [-0.05, 0) is 70.0 Å². The molecule has 104 valence electrons. The van der Waals surface area contributed by atoms with Gasteiger partial charge in [-0.2, -0.15) is 0 Å². The minimum Gasteiger partial charge on any atom is -0.314 e. The molecule has 2 heterocycles. The van der Waals surface area contributed by atoms with Crippen molar-refractivity contribution in [1.29, 1.82) is 0 Å². The number of hydrogen-bond donors (Lipinski definition) is 1. The Labute approximate surface area is 113 Å². The van der Waals surface area contributed by atoms with Gasteiger partial charge < -0.3 is 10.2 Å². The van der Waals surface area contributed by atoms with E-state index in [9.17, 15) is 0 Å². The van der Waals surface area contributed by atoms with E-state index in [1.54, 1.807) is 0 Å². The fourth-order valence-electron chi connectivity index (χ4n) is 4.53. The molecule has 0 bridgehead atoms. The largest absolute Gasteiger partial charge is 0.314 e. The van der Waals surface area contributed by atoms with Crippen LogP contribution in [-0.2, 0) is 0 Å². The molecule has 3 fully saturated rings. The van der Waals surface area contributed by atoms with E-state index in [1.807, 2.05) is 0 Å². The molecule has 1 N–H and O–H groups in total. The van der Waals surface area contributed by atoms with Crippen LogP contribution in [0.3, 0.4) is 0 Å². The first kappa shape index (κ1) is 12.9. The predicted molar refractivity (Wildman–Crippen MR) is 76.7 cm³/mol. The van der Waals surface area contributed by atoms with Crippen molar-refractivity contribution in [2.45, 2.75) is 70.4 Å². The van der Waals surface area contributed by atoms with Crippen molar-refractivity contribution >= 4 is 0 Å². The smallest absolute Gasteiger partial charge is 0.00977 e. The lowest BCUT2D eigenvalue weighted by atomic mass is 9.83. The van der Waals surface area contributed by atoms with Gasteiger partial charge in [0.1, 0.15) is 0 Å². The van der Waals surface area contributed by atoms with Crippen LogP contribution in [-0.4, -0.2) is 36.6 Å². The van der Waals surface area contributed by atoms with Gasteiger partial charge in [0.05, 0.1) is 0 Å². The third-order valence-corrected chi connectivity index (χ3v) is 5.67. The third-order valence-electron chi connectivity index (χ3n) is 5.67. The standard InChI is InChI=1S/C16H30N2/c1-13-4-2-5-15(12-13)18-10-7-14(8-11-18)16-6-3-9-17-16/h13-17H,2-12H2,1H3. The number of hydrogen-bond acceptors (Lipinski definition) is 2. The van der Waals surface area contributed by atoms with Gasteiger partial charge in [0.25, 0.3) is 0 Å². The first-order chi connectivity index (χ1) is 8.83. The molecule has 2 aliphatic heterocycles. The Bertz CT molecular complexity index is 252. The van der Waals surface area contributed by atoms with Gasteiger partial charge in [-0.3, -0.25) is 0 Å². The Morgan fingerprint density at radius 2 is 1.78 bits per heavy atom. The first-order valence-corrected chi connectivity index (χ1v) is 8.30. The van der Waals surface area contributed by atoms with Gasteiger partial charge in [-0.25, -0.2) is 0 Å². The van der Waals surface area contributed by atoms with Crippen LogP contribution >= 0.6 is 0 Å². The number of nitrogens with one attached hydrogen (secondary N) is 1. The Hall–Kier alpha value is -0.0800. The highest BCUT2D eigenvalue weighted by atomic mass is 15.2. The van der Waals surface area contributed by atoms with Gasteiger partial charge in [-0.15, -0.1) is 0 Å². The van der Waals surface area contributed by atoms with Gasteiger partial charge in [0.15, 0.2) is 0 Å². The minimum atomic E-state index is 0.859. The monoisotopic (exact) mass is 250 g/mol. The second-order valence-electron chi connectivity index (χ2n) is 7.00. The van der Waals surface area contributed by atoms with Crippen molar-refractivity contribution in [2.75, 3.05) is 19.6 Å². The number of piperidine rings is 1. The summed E-state index contributed by atoms with van der Waals surface area (Å²) >= 11 is 0. The molecule has 0 radical (unpaired) electrons. The molecule has 0 amide bonds. The van der Waals surface area contributed by atoms with Crippen LogP contribution in [0.5, 0.6) is 0 Å². The molecule has 0 aromatic rings. The molecule has 2 heteroatoms. The summed E-state index contributed by atoms with van der Waals surface area (Å²) in [6.45, 7) is 6.47. The molecular formula is C16H30N2. The van der Waals surface area contributed by atoms with E-state index in [-0.39, 0.29) is 0 Å². The Balaban J connectivity index is 1.47.